The second kappa shape index (κ2) is 15.8. The highest BCUT2D eigenvalue weighted by Crippen LogP contribution is 2.46. The molecule has 3 fully saturated rings. The predicted molar refractivity (Wildman–Crippen MR) is 197 cm³/mol. The molecule has 2 aliphatic heterocycles. The molecule has 6 rings (SSSR count). The molecule has 0 aromatic heterocycles. The molecule has 1 saturated heterocycles. The summed E-state index contributed by atoms with van der Waals surface area (Å²) in [6, 6.07) is 14.1. The fourth-order valence-electron chi connectivity index (χ4n) is 6.68. The number of rotatable bonds is 7. The van der Waals surface area contributed by atoms with Crippen LogP contribution in [0, 0.1) is 5.92 Å². The number of sulfonamides is 1. The number of carbonyl (C=O) groups excluding carboxylic acids is 5. The molecule has 16 heteroatoms. The summed E-state index contributed by atoms with van der Waals surface area (Å²) in [6.45, 7) is 4.80. The van der Waals surface area contributed by atoms with Crippen molar-refractivity contribution in [3.05, 3.63) is 66.7 Å². The molecule has 2 aromatic carbocycles. The summed E-state index contributed by atoms with van der Waals surface area (Å²) in [4.78, 5) is 69.5. The van der Waals surface area contributed by atoms with Crippen LogP contribution in [0.3, 0.4) is 0 Å². The fraction of sp³-hybridized carbons (Fsp3) is 0.500. The van der Waals surface area contributed by atoms with E-state index in [-0.39, 0.29) is 32.6 Å². The average Bonchev–Trinajstić information content (AvgIpc) is 4.03. The van der Waals surface area contributed by atoms with Gasteiger partial charge in [-0.15, -0.1) is 0 Å². The lowest BCUT2D eigenvalue weighted by molar-refractivity contribution is -0.142. The molecule has 0 bridgehead atoms. The number of ether oxygens (including phenoxy) is 3. The Bertz CT molecular complexity index is 1890. The first kappa shape index (κ1) is 38.8. The largest absolute Gasteiger partial charge is 0.444 e. The molecule has 5 amide bonds. The van der Waals surface area contributed by atoms with E-state index in [9.17, 15) is 32.4 Å². The number of nitrogens with one attached hydrogen (secondary N) is 4. The highest BCUT2D eigenvalue weighted by molar-refractivity contribution is 7.91. The second-order valence-electron chi connectivity index (χ2n) is 15.1. The fourth-order valence-corrected chi connectivity index (χ4v) is 8.05. The molecule has 2 aliphatic carbocycles. The molecule has 5 atom stereocenters. The second-order valence-corrected chi connectivity index (χ2v) is 17.1. The van der Waals surface area contributed by atoms with Crippen LogP contribution in [0.15, 0.2) is 66.7 Å². The number of amides is 5. The van der Waals surface area contributed by atoms with Gasteiger partial charge in [0, 0.05) is 24.5 Å². The quantitative estimate of drug-likeness (QED) is 0.302. The lowest BCUT2D eigenvalue weighted by Crippen LogP contribution is -2.59. The maximum Gasteiger partial charge on any atom is 0.411 e. The lowest BCUT2D eigenvalue weighted by Gasteiger charge is -2.30. The molecule has 290 valence electrons. The SMILES string of the molecule is CC(C)(C)OC(=O)N[C@H]1COCCC/C=C\[C@@H]2C[C@@]2(C(=O)NS(=O)(=O)C2CC2)NC(=O)[C@@H]2C[C@@H](OC(=O)Nc3ccccc3-c3ccccc3)CN2C1=O. The first-order chi connectivity index (χ1) is 25.6. The van der Waals surface area contributed by atoms with Crippen LogP contribution >= 0.6 is 0 Å². The predicted octanol–water partition coefficient (Wildman–Crippen LogP) is 3.61. The van der Waals surface area contributed by atoms with Gasteiger partial charge in [-0.2, -0.15) is 0 Å². The Balaban J connectivity index is 1.25. The van der Waals surface area contributed by atoms with Crippen LogP contribution in [0.4, 0.5) is 15.3 Å². The van der Waals surface area contributed by atoms with Crippen LogP contribution in [-0.2, 0) is 38.6 Å². The molecule has 4 N–H and O–H groups in total. The monoisotopic (exact) mass is 765 g/mol. The molecule has 54 heavy (non-hydrogen) atoms. The maximum absolute atomic E-state index is 14.3. The van der Waals surface area contributed by atoms with E-state index in [0.29, 0.717) is 31.4 Å². The van der Waals surface area contributed by atoms with Gasteiger partial charge in [0.05, 0.1) is 24.1 Å². The smallest absolute Gasteiger partial charge is 0.411 e. The van der Waals surface area contributed by atoms with Crippen LogP contribution < -0.4 is 20.7 Å². The van der Waals surface area contributed by atoms with Crippen molar-refractivity contribution in [2.45, 2.75) is 93.9 Å². The zero-order chi connectivity index (χ0) is 38.7. The Morgan fingerprint density at radius 2 is 1.72 bits per heavy atom. The standard InChI is InChI=1S/C38H47N5O10S/c1-37(2,3)53-36(48)40-30-23-51-19-11-5-8-14-25-21-38(25,34(46)42-54(49,50)27-17-18-27)41-32(44)31-20-26(22-43(31)33(30)45)52-35(47)39-29-16-10-9-15-28(29)24-12-6-4-7-13-24/h4,6-10,12-16,25-27,30-31H,5,11,17-23H2,1-3H3,(H,39,47)(H,40,48)(H,41,44)(H,42,46)/b14-8-/t25-,26-,30+,31+,38-/m1/s1. The summed E-state index contributed by atoms with van der Waals surface area (Å²) >= 11 is 0. The Morgan fingerprint density at radius 1 is 1.00 bits per heavy atom. The van der Waals surface area contributed by atoms with Gasteiger partial charge < -0.3 is 29.7 Å². The van der Waals surface area contributed by atoms with E-state index in [2.05, 4.69) is 20.7 Å². The van der Waals surface area contributed by atoms with E-state index >= 15 is 0 Å². The van der Waals surface area contributed by atoms with Crippen molar-refractivity contribution in [2.75, 3.05) is 25.1 Å². The molecule has 2 aromatic rings. The molecule has 0 radical (unpaired) electrons. The highest BCUT2D eigenvalue weighted by atomic mass is 32.2. The number of nitrogens with zero attached hydrogens (tertiary/aromatic N) is 1. The number of anilines is 1. The molecule has 2 saturated carbocycles. The molecule has 2 heterocycles. The summed E-state index contributed by atoms with van der Waals surface area (Å²) in [5.74, 6) is -2.80. The number of allylic oxidation sites excluding steroid dienone is 1. The number of hydrogen-bond donors (Lipinski definition) is 4. The van der Waals surface area contributed by atoms with Gasteiger partial charge in [0.2, 0.25) is 21.8 Å². The van der Waals surface area contributed by atoms with Crippen LogP contribution in [-0.4, -0.2) is 97.6 Å². The van der Waals surface area contributed by atoms with Crippen molar-refractivity contribution in [1.82, 2.24) is 20.3 Å². The van der Waals surface area contributed by atoms with E-state index in [1.807, 2.05) is 48.5 Å². The van der Waals surface area contributed by atoms with Gasteiger partial charge in [0.25, 0.3) is 5.91 Å². The van der Waals surface area contributed by atoms with Crippen LogP contribution in [0.1, 0.15) is 59.3 Å². The Labute approximate surface area is 314 Å². The normalized spacial score (nSPS) is 26.8. The molecular weight excluding hydrogens is 719 g/mol. The Kier molecular flexibility index (Phi) is 11.3. The number of fused-ring (bicyclic) bond motifs is 2. The van der Waals surface area contributed by atoms with E-state index in [0.717, 1.165) is 11.1 Å². The van der Waals surface area contributed by atoms with Crippen LogP contribution in [0.2, 0.25) is 0 Å². The van der Waals surface area contributed by atoms with Crippen molar-refractivity contribution in [3.63, 3.8) is 0 Å². The van der Waals surface area contributed by atoms with E-state index in [1.165, 1.54) is 4.90 Å². The Hall–Kier alpha value is -4.96. The number of para-hydroxylation sites is 1. The van der Waals surface area contributed by atoms with Gasteiger partial charge in [-0.1, -0.05) is 60.7 Å². The van der Waals surface area contributed by atoms with Gasteiger partial charge in [-0.3, -0.25) is 24.4 Å². The molecule has 0 unspecified atom stereocenters. The summed E-state index contributed by atoms with van der Waals surface area (Å²) < 4.78 is 44.7. The third kappa shape index (κ3) is 9.39. The van der Waals surface area contributed by atoms with Gasteiger partial charge in [-0.05, 0) is 64.5 Å². The number of alkyl carbamates (subject to hydrolysis) is 1. The zero-order valence-corrected chi connectivity index (χ0v) is 31.4. The first-order valence-corrected chi connectivity index (χ1v) is 19.7. The molecule has 15 nitrogen and oxygen atoms in total. The van der Waals surface area contributed by atoms with Crippen LogP contribution in [0.25, 0.3) is 11.1 Å². The van der Waals surface area contributed by atoms with Gasteiger partial charge in [-0.25, -0.2) is 18.0 Å². The minimum absolute atomic E-state index is 0.143. The zero-order valence-electron chi connectivity index (χ0n) is 30.5. The topological polar surface area (TPSA) is 199 Å². The summed E-state index contributed by atoms with van der Waals surface area (Å²) in [6.07, 6.45) is 2.91. The lowest BCUT2D eigenvalue weighted by atomic mass is 10.0. The minimum atomic E-state index is -3.93. The number of benzene rings is 2. The van der Waals surface area contributed by atoms with Gasteiger partial charge >= 0.3 is 12.2 Å². The molecule has 0 spiro atoms. The average molecular weight is 766 g/mol. The summed E-state index contributed by atoms with van der Waals surface area (Å²) in [7, 11) is -3.93. The molecule has 4 aliphatic rings. The minimum Gasteiger partial charge on any atom is -0.444 e. The van der Waals surface area contributed by atoms with Crippen LogP contribution in [0.5, 0.6) is 0 Å². The van der Waals surface area contributed by atoms with Crippen molar-refractivity contribution >= 4 is 45.6 Å². The van der Waals surface area contributed by atoms with Crippen molar-refractivity contribution in [2.24, 2.45) is 5.92 Å². The van der Waals surface area contributed by atoms with Crippen molar-refractivity contribution < 1.29 is 46.6 Å². The summed E-state index contributed by atoms with van der Waals surface area (Å²) in [5.41, 5.74) is -0.350. The van der Waals surface area contributed by atoms with Gasteiger partial charge in [0.15, 0.2) is 0 Å². The maximum atomic E-state index is 14.3. The Morgan fingerprint density at radius 3 is 2.44 bits per heavy atom. The number of carbonyl (C=O) groups is 5. The van der Waals surface area contributed by atoms with E-state index in [4.69, 9.17) is 14.2 Å². The summed E-state index contributed by atoms with van der Waals surface area (Å²) in [5, 5.41) is 7.45. The third-order valence-electron chi connectivity index (χ3n) is 9.64. The van der Waals surface area contributed by atoms with Gasteiger partial charge in [0.1, 0.15) is 29.3 Å². The van der Waals surface area contributed by atoms with Crippen molar-refractivity contribution in [3.8, 4) is 11.1 Å². The highest BCUT2D eigenvalue weighted by Gasteiger charge is 2.62. The first-order valence-electron chi connectivity index (χ1n) is 18.2. The van der Waals surface area contributed by atoms with E-state index < -0.39 is 80.4 Å². The van der Waals surface area contributed by atoms with Crippen molar-refractivity contribution in [1.29, 1.82) is 0 Å². The molecular formula is C38H47N5O10S. The number of hydrogen-bond acceptors (Lipinski definition) is 10. The third-order valence-corrected chi connectivity index (χ3v) is 11.5. The van der Waals surface area contributed by atoms with E-state index in [1.54, 1.807) is 39.0 Å².